The molecule has 0 nitrogen and oxygen atoms in total. The molecular weight excluding hydrogens is 164 g/mol. The van der Waals surface area contributed by atoms with Gasteiger partial charge < -0.3 is 0 Å². The highest BCUT2D eigenvalue weighted by molar-refractivity contribution is 7.11. The molecule has 2 rings (SSSR count). The van der Waals surface area contributed by atoms with E-state index in [1.807, 2.05) is 11.3 Å². The summed E-state index contributed by atoms with van der Waals surface area (Å²) in [5.74, 6) is 0. The van der Waals surface area contributed by atoms with Gasteiger partial charge in [0.25, 0.3) is 0 Å². The van der Waals surface area contributed by atoms with Crippen LogP contribution in [0.3, 0.4) is 0 Å². The summed E-state index contributed by atoms with van der Waals surface area (Å²) >= 11 is 1.86. The van der Waals surface area contributed by atoms with Gasteiger partial charge in [-0.15, -0.1) is 11.3 Å². The molecule has 0 saturated carbocycles. The Kier molecular flexibility index (Phi) is 2.13. The third-order valence-electron chi connectivity index (χ3n) is 1.98. The van der Waals surface area contributed by atoms with Crippen molar-refractivity contribution in [2.24, 2.45) is 0 Å². The zero-order valence-electron chi connectivity index (χ0n) is 7.08. The minimum absolute atomic E-state index is 1.10. The summed E-state index contributed by atoms with van der Waals surface area (Å²) in [6.45, 7) is 2.11. The van der Waals surface area contributed by atoms with Crippen molar-refractivity contribution in [3.05, 3.63) is 40.9 Å². The fourth-order valence-electron chi connectivity index (χ4n) is 1.40. The Morgan fingerprint density at radius 1 is 1.33 bits per heavy atom. The number of hydrogen-bond donors (Lipinski definition) is 0. The molecule has 0 atom stereocenters. The second-order valence-electron chi connectivity index (χ2n) is 2.86. The molecule has 0 saturated heterocycles. The van der Waals surface area contributed by atoms with E-state index in [0.29, 0.717) is 0 Å². The first-order chi connectivity index (χ1) is 5.92. The predicted molar refractivity (Wildman–Crippen MR) is 55.5 cm³/mol. The summed E-state index contributed by atoms with van der Waals surface area (Å²) in [5, 5.41) is 5.02. The van der Waals surface area contributed by atoms with Crippen molar-refractivity contribution in [1.82, 2.24) is 0 Å². The van der Waals surface area contributed by atoms with Crippen LogP contribution in [-0.2, 0) is 6.42 Å². The molecule has 12 heavy (non-hydrogen) atoms. The lowest BCUT2D eigenvalue weighted by atomic mass is 10.1. The Morgan fingerprint density at radius 2 is 2.17 bits per heavy atom. The van der Waals surface area contributed by atoms with Crippen LogP contribution in [-0.4, -0.2) is 0 Å². The van der Waals surface area contributed by atoms with E-state index in [1.54, 1.807) is 0 Å². The Labute approximate surface area is 76.8 Å². The average molecular weight is 175 g/mol. The van der Waals surface area contributed by atoms with Crippen molar-refractivity contribution < 1.29 is 0 Å². The fraction of sp³-hybridized carbons (Fsp3) is 0.182. The van der Waals surface area contributed by atoms with Crippen molar-refractivity contribution in [3.63, 3.8) is 0 Å². The van der Waals surface area contributed by atoms with Crippen LogP contribution in [0.15, 0.2) is 29.6 Å². The molecule has 1 heterocycles. The molecule has 0 aliphatic carbocycles. The highest BCUT2D eigenvalue weighted by atomic mass is 32.1. The normalized spacial score (nSPS) is 10.8. The molecule has 0 unspecified atom stereocenters. The molecule has 61 valence electrons. The molecule has 0 N–H and O–H groups in total. The molecule has 1 aromatic carbocycles. The third-order valence-corrected chi connectivity index (χ3v) is 3.02. The topological polar surface area (TPSA) is 0 Å². The molecule has 0 spiro atoms. The van der Waals surface area contributed by atoms with Crippen LogP contribution in [0.1, 0.15) is 11.8 Å². The van der Waals surface area contributed by atoms with Crippen LogP contribution >= 0.6 is 11.3 Å². The smallest absolute Gasteiger partial charge is 0.0127 e. The number of benzene rings is 1. The van der Waals surface area contributed by atoms with Crippen LogP contribution in [0.25, 0.3) is 10.8 Å². The Balaban J connectivity index is 2.55. The van der Waals surface area contributed by atoms with Crippen molar-refractivity contribution >= 4 is 22.1 Å². The van der Waals surface area contributed by atoms with Crippen molar-refractivity contribution in [1.29, 1.82) is 0 Å². The van der Waals surface area contributed by atoms with Gasteiger partial charge in [0.15, 0.2) is 0 Å². The SMILES string of the molecule is C[CH]Cc1scc2ccccc12. The fourth-order valence-corrected chi connectivity index (χ4v) is 2.45. The van der Waals surface area contributed by atoms with E-state index in [0.717, 1.165) is 6.42 Å². The van der Waals surface area contributed by atoms with Crippen LogP contribution in [0, 0.1) is 6.42 Å². The van der Waals surface area contributed by atoms with E-state index in [4.69, 9.17) is 0 Å². The van der Waals surface area contributed by atoms with Crippen molar-refractivity contribution in [3.8, 4) is 0 Å². The zero-order chi connectivity index (χ0) is 8.39. The van der Waals surface area contributed by atoms with E-state index in [-0.39, 0.29) is 0 Å². The van der Waals surface area contributed by atoms with Gasteiger partial charge in [0, 0.05) is 4.88 Å². The van der Waals surface area contributed by atoms with Crippen LogP contribution < -0.4 is 0 Å². The maximum Gasteiger partial charge on any atom is 0.0127 e. The molecule has 0 amide bonds. The minimum atomic E-state index is 1.10. The van der Waals surface area contributed by atoms with E-state index in [2.05, 4.69) is 43.0 Å². The van der Waals surface area contributed by atoms with E-state index in [1.165, 1.54) is 15.6 Å². The number of fused-ring (bicyclic) bond motifs is 1. The van der Waals surface area contributed by atoms with Gasteiger partial charge in [-0.1, -0.05) is 31.2 Å². The molecule has 1 heteroatoms. The predicted octanol–water partition coefficient (Wildman–Crippen LogP) is 3.67. The van der Waals surface area contributed by atoms with Gasteiger partial charge in [-0.05, 0) is 29.0 Å². The molecular formula is C11H11S. The lowest BCUT2D eigenvalue weighted by molar-refractivity contribution is 1.19. The molecule has 1 aromatic heterocycles. The lowest BCUT2D eigenvalue weighted by Crippen LogP contribution is -1.77. The van der Waals surface area contributed by atoms with Crippen LogP contribution in [0.2, 0.25) is 0 Å². The van der Waals surface area contributed by atoms with Gasteiger partial charge in [-0.3, -0.25) is 0 Å². The standard InChI is InChI=1S/C11H11S/c1-2-5-11-10-7-4-3-6-9(10)8-12-11/h2-4,6-8H,5H2,1H3. The van der Waals surface area contributed by atoms with Crippen LogP contribution in [0.5, 0.6) is 0 Å². The molecule has 2 aromatic rings. The quantitative estimate of drug-likeness (QED) is 0.653. The Bertz CT molecular complexity index is 373. The third kappa shape index (κ3) is 1.25. The highest BCUT2D eigenvalue weighted by Gasteiger charge is 2.00. The first-order valence-electron chi connectivity index (χ1n) is 4.15. The Hall–Kier alpha value is -0.820. The zero-order valence-corrected chi connectivity index (χ0v) is 7.90. The van der Waals surface area contributed by atoms with Gasteiger partial charge in [-0.2, -0.15) is 0 Å². The van der Waals surface area contributed by atoms with E-state index in [9.17, 15) is 0 Å². The second kappa shape index (κ2) is 3.28. The number of hydrogen-bond acceptors (Lipinski definition) is 1. The summed E-state index contributed by atoms with van der Waals surface area (Å²) in [5.41, 5.74) is 0. The summed E-state index contributed by atoms with van der Waals surface area (Å²) < 4.78 is 0. The summed E-state index contributed by atoms with van der Waals surface area (Å²) in [7, 11) is 0. The van der Waals surface area contributed by atoms with Gasteiger partial charge >= 0.3 is 0 Å². The molecule has 1 radical (unpaired) electrons. The van der Waals surface area contributed by atoms with Gasteiger partial charge in [0.05, 0.1) is 0 Å². The first kappa shape index (κ1) is 7.81. The first-order valence-corrected chi connectivity index (χ1v) is 5.02. The number of thiophene rings is 1. The summed E-state index contributed by atoms with van der Waals surface area (Å²) in [4.78, 5) is 1.48. The van der Waals surface area contributed by atoms with E-state index >= 15 is 0 Å². The van der Waals surface area contributed by atoms with Crippen molar-refractivity contribution in [2.75, 3.05) is 0 Å². The highest BCUT2D eigenvalue weighted by Crippen LogP contribution is 2.26. The summed E-state index contributed by atoms with van der Waals surface area (Å²) in [6.07, 6.45) is 3.30. The van der Waals surface area contributed by atoms with Gasteiger partial charge in [-0.25, -0.2) is 0 Å². The monoisotopic (exact) mass is 175 g/mol. The Morgan fingerprint density at radius 3 is 3.00 bits per heavy atom. The van der Waals surface area contributed by atoms with Crippen molar-refractivity contribution in [2.45, 2.75) is 13.3 Å². The molecule has 0 fully saturated rings. The molecule has 0 aliphatic heterocycles. The van der Waals surface area contributed by atoms with Crippen LogP contribution in [0.4, 0.5) is 0 Å². The summed E-state index contributed by atoms with van der Waals surface area (Å²) in [6, 6.07) is 8.57. The maximum absolute atomic E-state index is 2.23. The molecule has 0 aliphatic rings. The lowest BCUT2D eigenvalue weighted by Gasteiger charge is -1.93. The second-order valence-corrected chi connectivity index (χ2v) is 3.82. The largest absolute Gasteiger partial charge is 0.148 e. The van der Waals surface area contributed by atoms with Gasteiger partial charge in [0.2, 0.25) is 0 Å². The van der Waals surface area contributed by atoms with Gasteiger partial charge in [0.1, 0.15) is 0 Å². The maximum atomic E-state index is 2.23. The minimum Gasteiger partial charge on any atom is -0.148 e. The van der Waals surface area contributed by atoms with E-state index < -0.39 is 0 Å². The number of rotatable bonds is 2. The average Bonchev–Trinajstić information content (AvgIpc) is 2.50. The molecule has 0 bridgehead atoms.